The van der Waals surface area contributed by atoms with Crippen LogP contribution in [0.3, 0.4) is 0 Å². The Morgan fingerprint density at radius 1 is 0.857 bits per heavy atom. The van der Waals surface area contributed by atoms with Crippen LogP contribution in [0.2, 0.25) is 0 Å². The minimum Gasteiger partial charge on any atom is -0.175 e. The van der Waals surface area contributed by atoms with Gasteiger partial charge in [-0.3, -0.25) is 0 Å². The maximum atomic E-state index is 4.38. The van der Waals surface area contributed by atoms with Gasteiger partial charge < -0.3 is 0 Å². The zero-order chi connectivity index (χ0) is 9.97. The van der Waals surface area contributed by atoms with E-state index in [1.807, 2.05) is 0 Å². The second-order valence-electron chi connectivity index (χ2n) is 3.24. The average molecular weight is 220 g/mol. The first-order valence-electron chi connectivity index (χ1n) is 4.58. The van der Waals surface area contributed by atoms with Gasteiger partial charge in [-0.05, 0) is 21.9 Å². The predicted molar refractivity (Wildman–Crippen MR) is 69.3 cm³/mol. The number of fused-ring (bicyclic) bond motifs is 1. The Bertz CT molecular complexity index is 449. The summed E-state index contributed by atoms with van der Waals surface area (Å²) in [5.41, 5.74) is 2.59. The fourth-order valence-electron chi connectivity index (χ4n) is 1.72. The van der Waals surface area contributed by atoms with Crippen LogP contribution in [0.25, 0.3) is 10.8 Å². The number of hydrogen-bond acceptors (Lipinski definition) is 2. The molecule has 0 aliphatic carbocycles. The van der Waals surface area contributed by atoms with Crippen molar-refractivity contribution in [3.63, 3.8) is 0 Å². The van der Waals surface area contributed by atoms with E-state index in [2.05, 4.69) is 61.7 Å². The zero-order valence-electron chi connectivity index (χ0n) is 7.77. The SMILES string of the molecule is SCc1ccc2ccccc2c1CS. The van der Waals surface area contributed by atoms with Gasteiger partial charge in [0.2, 0.25) is 0 Å². The fourth-order valence-corrected chi connectivity index (χ4v) is 2.39. The number of benzene rings is 2. The molecule has 2 aromatic rings. The molecule has 0 aromatic heterocycles. The lowest BCUT2D eigenvalue weighted by atomic mass is 10.0. The third-order valence-corrected chi connectivity index (χ3v) is 3.12. The second kappa shape index (κ2) is 4.28. The maximum Gasteiger partial charge on any atom is 0.0163 e. The second-order valence-corrected chi connectivity index (χ2v) is 3.87. The summed E-state index contributed by atoms with van der Waals surface area (Å²) in [7, 11) is 0. The van der Waals surface area contributed by atoms with Gasteiger partial charge in [0.25, 0.3) is 0 Å². The molecule has 0 aliphatic heterocycles. The van der Waals surface area contributed by atoms with Crippen molar-refractivity contribution >= 4 is 36.0 Å². The van der Waals surface area contributed by atoms with Crippen LogP contribution in [-0.4, -0.2) is 0 Å². The highest BCUT2D eigenvalue weighted by atomic mass is 32.1. The summed E-state index contributed by atoms with van der Waals surface area (Å²) in [5, 5.41) is 2.58. The monoisotopic (exact) mass is 220 g/mol. The molecule has 2 aromatic carbocycles. The predicted octanol–water partition coefficient (Wildman–Crippen LogP) is 3.70. The highest BCUT2D eigenvalue weighted by Gasteiger charge is 2.03. The van der Waals surface area contributed by atoms with E-state index >= 15 is 0 Å². The maximum absolute atomic E-state index is 4.38. The van der Waals surface area contributed by atoms with Crippen molar-refractivity contribution in [2.24, 2.45) is 0 Å². The molecule has 0 bridgehead atoms. The third-order valence-electron chi connectivity index (χ3n) is 2.47. The molecule has 0 nitrogen and oxygen atoms in total. The molecule has 72 valence electrons. The molecule has 2 heteroatoms. The van der Waals surface area contributed by atoms with Crippen LogP contribution in [0.4, 0.5) is 0 Å². The van der Waals surface area contributed by atoms with Crippen molar-refractivity contribution in [2.75, 3.05) is 0 Å². The van der Waals surface area contributed by atoms with E-state index in [4.69, 9.17) is 0 Å². The lowest BCUT2D eigenvalue weighted by molar-refractivity contribution is 1.32. The van der Waals surface area contributed by atoms with E-state index in [1.165, 1.54) is 21.9 Å². The van der Waals surface area contributed by atoms with Crippen molar-refractivity contribution in [3.05, 3.63) is 47.5 Å². The number of thiol groups is 2. The van der Waals surface area contributed by atoms with Crippen LogP contribution < -0.4 is 0 Å². The van der Waals surface area contributed by atoms with Crippen molar-refractivity contribution in [2.45, 2.75) is 11.5 Å². The van der Waals surface area contributed by atoms with Crippen molar-refractivity contribution in [3.8, 4) is 0 Å². The Labute approximate surface area is 95.2 Å². The van der Waals surface area contributed by atoms with Gasteiger partial charge in [0.1, 0.15) is 0 Å². The van der Waals surface area contributed by atoms with Crippen LogP contribution in [0, 0.1) is 0 Å². The molecule has 0 fully saturated rings. The van der Waals surface area contributed by atoms with Crippen LogP contribution in [0.1, 0.15) is 11.1 Å². The van der Waals surface area contributed by atoms with Gasteiger partial charge in [-0.15, -0.1) is 0 Å². The van der Waals surface area contributed by atoms with Crippen molar-refractivity contribution < 1.29 is 0 Å². The van der Waals surface area contributed by atoms with Crippen LogP contribution in [0.15, 0.2) is 36.4 Å². The summed E-state index contributed by atoms with van der Waals surface area (Å²) in [4.78, 5) is 0. The highest BCUT2D eigenvalue weighted by molar-refractivity contribution is 7.79. The minimum atomic E-state index is 0.775. The molecular weight excluding hydrogens is 208 g/mol. The summed E-state index contributed by atoms with van der Waals surface area (Å²) in [6.45, 7) is 0. The summed E-state index contributed by atoms with van der Waals surface area (Å²) in [6.07, 6.45) is 0. The van der Waals surface area contributed by atoms with Crippen molar-refractivity contribution in [1.82, 2.24) is 0 Å². The Balaban J connectivity index is 2.77. The van der Waals surface area contributed by atoms with Gasteiger partial charge in [0.05, 0.1) is 0 Å². The van der Waals surface area contributed by atoms with Gasteiger partial charge in [0, 0.05) is 11.5 Å². The topological polar surface area (TPSA) is 0 Å². The average Bonchev–Trinajstić information content (AvgIpc) is 2.27. The van der Waals surface area contributed by atoms with Crippen LogP contribution in [0.5, 0.6) is 0 Å². The first-order valence-corrected chi connectivity index (χ1v) is 5.84. The fraction of sp³-hybridized carbons (Fsp3) is 0.167. The van der Waals surface area contributed by atoms with Crippen molar-refractivity contribution in [1.29, 1.82) is 0 Å². The first kappa shape index (κ1) is 9.94. The summed E-state index contributed by atoms with van der Waals surface area (Å²) in [6, 6.07) is 12.7. The molecule has 0 atom stereocenters. The first-order chi connectivity index (χ1) is 6.86. The van der Waals surface area contributed by atoms with Gasteiger partial charge in [-0.1, -0.05) is 36.4 Å². The molecule has 0 aliphatic rings. The quantitative estimate of drug-likeness (QED) is 0.708. The Kier molecular flexibility index (Phi) is 3.04. The Hall–Kier alpha value is -0.600. The van der Waals surface area contributed by atoms with Gasteiger partial charge in [-0.25, -0.2) is 0 Å². The van der Waals surface area contributed by atoms with Crippen LogP contribution >= 0.6 is 25.3 Å². The zero-order valence-corrected chi connectivity index (χ0v) is 9.56. The number of hydrogen-bond donors (Lipinski definition) is 2. The largest absolute Gasteiger partial charge is 0.175 e. The van der Waals surface area contributed by atoms with E-state index in [1.54, 1.807) is 0 Å². The molecule has 0 unspecified atom stereocenters. The smallest absolute Gasteiger partial charge is 0.0163 e. The Morgan fingerprint density at radius 3 is 2.36 bits per heavy atom. The molecule has 2 rings (SSSR count). The minimum absolute atomic E-state index is 0.775. The van der Waals surface area contributed by atoms with Crippen LogP contribution in [-0.2, 0) is 11.5 Å². The molecule has 0 amide bonds. The molecule has 0 spiro atoms. The standard InChI is InChI=1S/C12H12S2/c13-7-10-6-5-9-3-1-2-4-11(9)12(10)8-14/h1-6,13-14H,7-8H2. The van der Waals surface area contributed by atoms with Gasteiger partial charge in [-0.2, -0.15) is 25.3 Å². The molecule has 0 N–H and O–H groups in total. The Morgan fingerprint density at radius 2 is 1.64 bits per heavy atom. The van der Waals surface area contributed by atoms with E-state index in [-0.39, 0.29) is 0 Å². The summed E-state index contributed by atoms with van der Waals surface area (Å²) >= 11 is 8.70. The molecule has 14 heavy (non-hydrogen) atoms. The van der Waals surface area contributed by atoms with Gasteiger partial charge in [0.15, 0.2) is 0 Å². The van der Waals surface area contributed by atoms with E-state index in [0.717, 1.165) is 11.5 Å². The van der Waals surface area contributed by atoms with E-state index in [9.17, 15) is 0 Å². The molecule has 0 saturated heterocycles. The lowest BCUT2D eigenvalue weighted by Crippen LogP contribution is -1.90. The molecule has 0 radical (unpaired) electrons. The normalized spacial score (nSPS) is 10.7. The summed E-state index contributed by atoms with van der Waals surface area (Å²) < 4.78 is 0. The highest BCUT2D eigenvalue weighted by Crippen LogP contribution is 2.24. The molecular formula is C12H12S2. The third kappa shape index (κ3) is 1.64. The van der Waals surface area contributed by atoms with E-state index < -0.39 is 0 Å². The van der Waals surface area contributed by atoms with Gasteiger partial charge >= 0.3 is 0 Å². The molecule has 0 saturated carbocycles. The number of rotatable bonds is 2. The molecule has 0 heterocycles. The van der Waals surface area contributed by atoms with E-state index in [0.29, 0.717) is 0 Å². The summed E-state index contributed by atoms with van der Waals surface area (Å²) in [5.74, 6) is 1.55. The lowest BCUT2D eigenvalue weighted by Gasteiger charge is -2.08.